The van der Waals surface area contributed by atoms with Gasteiger partial charge in [0.1, 0.15) is 5.15 Å². The Balaban J connectivity index is 1.69. The molecule has 3 aromatic rings. The summed E-state index contributed by atoms with van der Waals surface area (Å²) in [6.07, 6.45) is 1.43. The van der Waals surface area contributed by atoms with E-state index in [2.05, 4.69) is 34.7 Å². The van der Waals surface area contributed by atoms with E-state index in [-0.39, 0.29) is 11.9 Å². The Bertz CT molecular complexity index is 899. The lowest BCUT2D eigenvalue weighted by Gasteiger charge is -2.17. The Morgan fingerprint density at radius 2 is 1.81 bits per heavy atom. The summed E-state index contributed by atoms with van der Waals surface area (Å²) in [6, 6.07) is 18.7. The summed E-state index contributed by atoms with van der Waals surface area (Å²) in [6.45, 7) is 2.06. The zero-order valence-electron chi connectivity index (χ0n) is 14.0. The van der Waals surface area contributed by atoms with Gasteiger partial charge in [-0.3, -0.25) is 4.79 Å². The minimum atomic E-state index is -0.274. The molecule has 132 valence electrons. The number of rotatable bonds is 5. The van der Waals surface area contributed by atoms with Gasteiger partial charge in [-0.2, -0.15) is 0 Å². The van der Waals surface area contributed by atoms with Crippen molar-refractivity contribution in [3.63, 3.8) is 0 Å². The molecule has 26 heavy (non-hydrogen) atoms. The summed E-state index contributed by atoms with van der Waals surface area (Å²) >= 11 is 12.1. The fourth-order valence-electron chi connectivity index (χ4n) is 2.48. The van der Waals surface area contributed by atoms with Crippen molar-refractivity contribution in [2.75, 3.05) is 10.6 Å². The molecule has 4 nitrogen and oxygen atoms in total. The van der Waals surface area contributed by atoms with Gasteiger partial charge in [-0.25, -0.2) is 4.98 Å². The number of amides is 1. The minimum Gasteiger partial charge on any atom is -0.377 e. The molecule has 0 fully saturated rings. The van der Waals surface area contributed by atoms with Crippen LogP contribution in [0, 0.1) is 0 Å². The van der Waals surface area contributed by atoms with Crippen LogP contribution < -0.4 is 10.6 Å². The highest BCUT2D eigenvalue weighted by Crippen LogP contribution is 2.29. The van der Waals surface area contributed by atoms with Crippen molar-refractivity contribution in [3.05, 3.63) is 88.2 Å². The average molecular weight is 386 g/mol. The van der Waals surface area contributed by atoms with Crippen LogP contribution in [0.4, 0.5) is 11.4 Å². The highest BCUT2D eigenvalue weighted by Gasteiger charge is 2.10. The maximum absolute atomic E-state index is 12.2. The molecule has 0 saturated heterocycles. The summed E-state index contributed by atoms with van der Waals surface area (Å²) in [4.78, 5) is 16.1. The first-order valence-corrected chi connectivity index (χ1v) is 8.82. The standard InChI is InChI=1S/C20H17Cl2N3O/c1-13(14-5-3-2-4-6-14)24-18-9-8-16(11-17(18)21)25-20(26)15-7-10-19(22)23-12-15/h2-13,24H,1H3,(H,25,26)/t13-/m1/s1. The molecule has 1 heterocycles. The van der Waals surface area contributed by atoms with E-state index in [9.17, 15) is 4.79 Å². The maximum atomic E-state index is 12.2. The Morgan fingerprint density at radius 1 is 1.04 bits per heavy atom. The lowest BCUT2D eigenvalue weighted by Crippen LogP contribution is -2.12. The van der Waals surface area contributed by atoms with Gasteiger partial charge in [0, 0.05) is 17.9 Å². The minimum absolute atomic E-state index is 0.106. The van der Waals surface area contributed by atoms with Gasteiger partial charge < -0.3 is 10.6 Å². The van der Waals surface area contributed by atoms with Crippen molar-refractivity contribution < 1.29 is 4.79 Å². The quantitative estimate of drug-likeness (QED) is 0.544. The molecule has 1 atom stereocenters. The zero-order valence-corrected chi connectivity index (χ0v) is 15.6. The van der Waals surface area contributed by atoms with Crippen LogP contribution in [-0.2, 0) is 0 Å². The van der Waals surface area contributed by atoms with Crippen molar-refractivity contribution in [2.45, 2.75) is 13.0 Å². The molecule has 0 bridgehead atoms. The molecule has 0 aliphatic rings. The van der Waals surface area contributed by atoms with Crippen LogP contribution >= 0.6 is 23.2 Å². The third kappa shape index (κ3) is 4.54. The van der Waals surface area contributed by atoms with Gasteiger partial charge >= 0.3 is 0 Å². The second kappa shape index (κ2) is 8.21. The molecule has 3 rings (SSSR count). The normalized spacial score (nSPS) is 11.7. The maximum Gasteiger partial charge on any atom is 0.257 e. The first kappa shape index (κ1) is 18.2. The van der Waals surface area contributed by atoms with Gasteiger partial charge in [0.05, 0.1) is 16.3 Å². The largest absolute Gasteiger partial charge is 0.377 e. The first-order valence-electron chi connectivity index (χ1n) is 8.07. The molecule has 1 aromatic heterocycles. The van der Waals surface area contributed by atoms with Crippen LogP contribution in [0.15, 0.2) is 66.9 Å². The molecular formula is C20H17Cl2N3O. The summed E-state index contributed by atoms with van der Waals surface area (Å²) in [5, 5.41) is 7.04. The molecule has 0 aliphatic heterocycles. The second-order valence-electron chi connectivity index (χ2n) is 5.80. The van der Waals surface area contributed by atoms with Gasteiger partial charge in [-0.1, -0.05) is 53.5 Å². The van der Waals surface area contributed by atoms with Crippen molar-refractivity contribution in [2.24, 2.45) is 0 Å². The number of nitrogens with one attached hydrogen (secondary N) is 2. The second-order valence-corrected chi connectivity index (χ2v) is 6.59. The fourth-order valence-corrected chi connectivity index (χ4v) is 2.83. The van der Waals surface area contributed by atoms with Crippen LogP contribution in [0.2, 0.25) is 10.2 Å². The van der Waals surface area contributed by atoms with E-state index in [0.717, 1.165) is 11.3 Å². The van der Waals surface area contributed by atoms with Crippen LogP contribution in [0.1, 0.15) is 28.9 Å². The van der Waals surface area contributed by atoms with Crippen LogP contribution in [0.3, 0.4) is 0 Å². The number of hydrogen-bond acceptors (Lipinski definition) is 3. The van der Waals surface area contributed by atoms with E-state index in [1.165, 1.54) is 6.20 Å². The first-order chi connectivity index (χ1) is 12.5. The van der Waals surface area contributed by atoms with Crippen LogP contribution in [-0.4, -0.2) is 10.9 Å². The number of carbonyl (C=O) groups excluding carboxylic acids is 1. The van der Waals surface area contributed by atoms with Crippen molar-refractivity contribution in [1.29, 1.82) is 0 Å². The smallest absolute Gasteiger partial charge is 0.257 e. The highest BCUT2D eigenvalue weighted by molar-refractivity contribution is 6.33. The molecule has 0 radical (unpaired) electrons. The van der Waals surface area contributed by atoms with E-state index < -0.39 is 0 Å². The summed E-state index contributed by atoms with van der Waals surface area (Å²) in [5.41, 5.74) is 2.99. The third-order valence-electron chi connectivity index (χ3n) is 3.89. The summed E-state index contributed by atoms with van der Waals surface area (Å²) in [7, 11) is 0. The van der Waals surface area contributed by atoms with Gasteiger partial charge in [-0.15, -0.1) is 0 Å². The average Bonchev–Trinajstić information content (AvgIpc) is 2.65. The number of anilines is 2. The molecule has 6 heteroatoms. The molecule has 2 N–H and O–H groups in total. The van der Waals surface area contributed by atoms with Crippen LogP contribution in [0.25, 0.3) is 0 Å². The lowest BCUT2D eigenvalue weighted by molar-refractivity contribution is 0.102. The molecular weight excluding hydrogens is 369 g/mol. The van der Waals surface area contributed by atoms with E-state index in [4.69, 9.17) is 23.2 Å². The van der Waals surface area contributed by atoms with E-state index in [0.29, 0.717) is 21.4 Å². The zero-order chi connectivity index (χ0) is 18.5. The van der Waals surface area contributed by atoms with Crippen molar-refractivity contribution >= 4 is 40.5 Å². The molecule has 0 saturated carbocycles. The number of aromatic nitrogens is 1. The lowest BCUT2D eigenvalue weighted by atomic mass is 10.1. The number of benzene rings is 2. The van der Waals surface area contributed by atoms with Gasteiger partial charge in [0.25, 0.3) is 5.91 Å². The van der Waals surface area contributed by atoms with Gasteiger partial charge in [-0.05, 0) is 42.8 Å². The number of pyridine rings is 1. The Morgan fingerprint density at radius 3 is 2.46 bits per heavy atom. The van der Waals surface area contributed by atoms with E-state index in [1.807, 2.05) is 24.3 Å². The van der Waals surface area contributed by atoms with Gasteiger partial charge in [0.2, 0.25) is 0 Å². The number of carbonyl (C=O) groups is 1. The van der Waals surface area contributed by atoms with E-state index >= 15 is 0 Å². The predicted octanol–water partition coefficient (Wildman–Crippen LogP) is 5.81. The van der Waals surface area contributed by atoms with E-state index in [1.54, 1.807) is 24.3 Å². The molecule has 1 amide bonds. The summed E-state index contributed by atoms with van der Waals surface area (Å²) in [5.74, 6) is -0.274. The van der Waals surface area contributed by atoms with Crippen molar-refractivity contribution in [1.82, 2.24) is 4.98 Å². The molecule has 0 aliphatic carbocycles. The molecule has 0 spiro atoms. The fraction of sp³-hybridized carbons (Fsp3) is 0.100. The number of nitrogens with zero attached hydrogens (tertiary/aromatic N) is 1. The number of hydrogen-bond donors (Lipinski definition) is 2. The Labute approximate surface area is 162 Å². The Kier molecular flexibility index (Phi) is 5.76. The SMILES string of the molecule is C[C@@H](Nc1ccc(NC(=O)c2ccc(Cl)nc2)cc1Cl)c1ccccc1. The Hall–Kier alpha value is -2.56. The molecule has 0 unspecified atom stereocenters. The molecule has 2 aromatic carbocycles. The van der Waals surface area contributed by atoms with Gasteiger partial charge in [0.15, 0.2) is 0 Å². The monoisotopic (exact) mass is 385 g/mol. The topological polar surface area (TPSA) is 54.0 Å². The predicted molar refractivity (Wildman–Crippen MR) is 107 cm³/mol. The third-order valence-corrected chi connectivity index (χ3v) is 4.42. The van der Waals surface area contributed by atoms with Crippen LogP contribution in [0.5, 0.6) is 0 Å². The van der Waals surface area contributed by atoms with Crippen molar-refractivity contribution in [3.8, 4) is 0 Å². The summed E-state index contributed by atoms with van der Waals surface area (Å²) < 4.78 is 0. The number of halogens is 2. The highest BCUT2D eigenvalue weighted by atomic mass is 35.5.